The summed E-state index contributed by atoms with van der Waals surface area (Å²) >= 11 is 0. The Kier molecular flexibility index (Phi) is 7.06. The van der Waals surface area contributed by atoms with Crippen molar-refractivity contribution in [2.24, 2.45) is 5.92 Å². The minimum absolute atomic E-state index is 0.0575. The van der Waals surface area contributed by atoms with Crippen LogP contribution in [0.5, 0.6) is 0 Å². The monoisotopic (exact) mass is 334 g/mol. The average molecular weight is 334 g/mol. The summed E-state index contributed by atoms with van der Waals surface area (Å²) in [5.41, 5.74) is 2.27. The molecule has 24 heavy (non-hydrogen) atoms. The van der Waals surface area contributed by atoms with Gasteiger partial charge in [0.2, 0.25) is 0 Å². The molecule has 1 aliphatic heterocycles. The van der Waals surface area contributed by atoms with Crippen LogP contribution in [-0.4, -0.2) is 48.4 Å². The first-order valence-corrected chi connectivity index (χ1v) is 8.93. The number of rotatable bonds is 7. The quantitative estimate of drug-likeness (QED) is 0.806. The molecular weight excluding hydrogens is 304 g/mol. The van der Waals surface area contributed by atoms with Crippen LogP contribution >= 0.6 is 0 Å². The normalized spacial score (nSPS) is 18.4. The largest absolute Gasteiger partial charge is 0.394 e. The molecule has 0 bridgehead atoms. The minimum atomic E-state index is -0.261. The van der Waals surface area contributed by atoms with Crippen molar-refractivity contribution in [2.45, 2.75) is 45.8 Å². The van der Waals surface area contributed by atoms with Crippen LogP contribution in [0.2, 0.25) is 0 Å². The maximum atomic E-state index is 12.5. The van der Waals surface area contributed by atoms with E-state index in [1.807, 2.05) is 25.1 Å². The maximum Gasteiger partial charge on any atom is 0.318 e. The van der Waals surface area contributed by atoms with E-state index in [4.69, 9.17) is 4.74 Å². The van der Waals surface area contributed by atoms with Crippen molar-refractivity contribution < 1.29 is 14.6 Å². The van der Waals surface area contributed by atoms with E-state index in [1.165, 1.54) is 5.56 Å². The third-order valence-electron chi connectivity index (χ3n) is 4.68. The zero-order valence-electron chi connectivity index (χ0n) is 15.0. The summed E-state index contributed by atoms with van der Waals surface area (Å²) in [6, 6.07) is 7.66. The molecule has 0 aliphatic carbocycles. The molecule has 0 saturated carbocycles. The number of ether oxygens (including phenoxy) is 1. The van der Waals surface area contributed by atoms with Crippen molar-refractivity contribution in [3.05, 3.63) is 35.4 Å². The molecule has 5 heteroatoms. The number of fused-ring (bicyclic) bond motifs is 1. The Morgan fingerprint density at radius 1 is 1.42 bits per heavy atom. The van der Waals surface area contributed by atoms with E-state index in [1.54, 1.807) is 4.90 Å². The lowest BCUT2D eigenvalue weighted by molar-refractivity contribution is 0.0251. The summed E-state index contributed by atoms with van der Waals surface area (Å²) in [5.74, 6) is 0.425. The van der Waals surface area contributed by atoms with E-state index < -0.39 is 0 Å². The molecule has 1 aromatic rings. The molecule has 2 amide bonds. The molecule has 2 rings (SSSR count). The number of carbonyl (C=O) groups is 1. The minimum Gasteiger partial charge on any atom is -0.394 e. The number of carbonyl (C=O) groups excluding carboxylic acids is 1. The fraction of sp³-hybridized carbons (Fsp3) is 0.632. The Labute approximate surface area is 145 Å². The van der Waals surface area contributed by atoms with Gasteiger partial charge in [0.1, 0.15) is 0 Å². The molecule has 2 atom stereocenters. The predicted octanol–water partition coefficient (Wildman–Crippen LogP) is 2.74. The van der Waals surface area contributed by atoms with Crippen molar-refractivity contribution in [1.29, 1.82) is 0 Å². The van der Waals surface area contributed by atoms with Gasteiger partial charge in [-0.1, -0.05) is 38.1 Å². The average Bonchev–Trinajstić information content (AvgIpc) is 2.59. The van der Waals surface area contributed by atoms with E-state index in [2.05, 4.69) is 25.2 Å². The summed E-state index contributed by atoms with van der Waals surface area (Å²) in [6.45, 7) is 8.09. The van der Waals surface area contributed by atoms with Gasteiger partial charge in [0.15, 0.2) is 0 Å². The van der Waals surface area contributed by atoms with Crippen molar-refractivity contribution in [2.75, 3.05) is 26.3 Å². The molecule has 0 spiro atoms. The SMILES string of the molecule is CCOC(CCNC(=O)N1CCc2ccccc2C1CO)C(C)C. The van der Waals surface area contributed by atoms with Gasteiger partial charge < -0.3 is 20.1 Å². The molecule has 2 N–H and O–H groups in total. The van der Waals surface area contributed by atoms with Gasteiger partial charge in [0.25, 0.3) is 0 Å². The predicted molar refractivity (Wildman–Crippen MR) is 94.9 cm³/mol. The highest BCUT2D eigenvalue weighted by molar-refractivity contribution is 5.75. The number of hydrogen-bond donors (Lipinski definition) is 2. The molecule has 0 radical (unpaired) electrons. The number of urea groups is 1. The Hall–Kier alpha value is -1.59. The van der Waals surface area contributed by atoms with Crippen LogP contribution in [0.4, 0.5) is 4.79 Å². The number of aliphatic hydroxyl groups excluding tert-OH is 1. The van der Waals surface area contributed by atoms with Crippen LogP contribution in [0.3, 0.4) is 0 Å². The van der Waals surface area contributed by atoms with E-state index in [-0.39, 0.29) is 24.8 Å². The summed E-state index contributed by atoms with van der Waals surface area (Å²) in [7, 11) is 0. The fourth-order valence-corrected chi connectivity index (χ4v) is 3.34. The van der Waals surface area contributed by atoms with Crippen LogP contribution in [0.15, 0.2) is 24.3 Å². The highest BCUT2D eigenvalue weighted by Gasteiger charge is 2.30. The van der Waals surface area contributed by atoms with E-state index in [0.717, 1.165) is 18.4 Å². The number of amides is 2. The molecule has 1 heterocycles. The lowest BCUT2D eigenvalue weighted by Gasteiger charge is -2.36. The van der Waals surface area contributed by atoms with Gasteiger partial charge in [-0.2, -0.15) is 0 Å². The first kappa shape index (κ1) is 18.7. The van der Waals surface area contributed by atoms with Crippen LogP contribution in [0.1, 0.15) is 44.4 Å². The Morgan fingerprint density at radius 2 is 2.17 bits per heavy atom. The highest BCUT2D eigenvalue weighted by Crippen LogP contribution is 2.29. The lowest BCUT2D eigenvalue weighted by atomic mass is 9.93. The second kappa shape index (κ2) is 9.04. The summed E-state index contributed by atoms with van der Waals surface area (Å²) < 4.78 is 5.71. The number of aliphatic hydroxyl groups is 1. The van der Waals surface area contributed by atoms with Gasteiger partial charge in [-0.3, -0.25) is 0 Å². The third-order valence-corrected chi connectivity index (χ3v) is 4.68. The number of benzene rings is 1. The molecule has 2 unspecified atom stereocenters. The summed E-state index contributed by atoms with van der Waals surface area (Å²) in [4.78, 5) is 14.3. The zero-order chi connectivity index (χ0) is 17.5. The summed E-state index contributed by atoms with van der Waals surface area (Å²) in [5, 5.41) is 12.8. The van der Waals surface area contributed by atoms with Crippen LogP contribution in [0, 0.1) is 5.92 Å². The molecule has 0 saturated heterocycles. The Balaban J connectivity index is 1.93. The van der Waals surface area contributed by atoms with Gasteiger partial charge in [0.05, 0.1) is 18.8 Å². The number of nitrogens with zero attached hydrogens (tertiary/aromatic N) is 1. The van der Waals surface area contributed by atoms with Gasteiger partial charge in [-0.05, 0) is 36.8 Å². The molecule has 1 aromatic carbocycles. The van der Waals surface area contributed by atoms with Crippen LogP contribution < -0.4 is 5.32 Å². The first-order chi connectivity index (χ1) is 11.6. The second-order valence-electron chi connectivity index (χ2n) is 6.60. The molecule has 0 fully saturated rings. The van der Waals surface area contributed by atoms with Crippen molar-refractivity contribution in [3.8, 4) is 0 Å². The van der Waals surface area contributed by atoms with Gasteiger partial charge in [-0.15, -0.1) is 0 Å². The Morgan fingerprint density at radius 3 is 2.83 bits per heavy atom. The van der Waals surface area contributed by atoms with Crippen LogP contribution in [0.25, 0.3) is 0 Å². The fourth-order valence-electron chi connectivity index (χ4n) is 3.34. The topological polar surface area (TPSA) is 61.8 Å². The molecule has 5 nitrogen and oxygen atoms in total. The second-order valence-corrected chi connectivity index (χ2v) is 6.60. The lowest BCUT2D eigenvalue weighted by Crippen LogP contribution is -2.47. The first-order valence-electron chi connectivity index (χ1n) is 8.93. The molecule has 0 aromatic heterocycles. The standard InChI is InChI=1S/C19H30N2O3/c1-4-24-18(14(2)3)9-11-20-19(23)21-12-10-15-7-5-6-8-16(15)17(21)13-22/h5-8,14,17-18,22H,4,9-13H2,1-3H3,(H,20,23). The van der Waals surface area contributed by atoms with Gasteiger partial charge >= 0.3 is 6.03 Å². The number of hydrogen-bond acceptors (Lipinski definition) is 3. The summed E-state index contributed by atoms with van der Waals surface area (Å²) in [6.07, 6.45) is 1.78. The Bertz CT molecular complexity index is 533. The zero-order valence-corrected chi connectivity index (χ0v) is 15.0. The number of nitrogens with one attached hydrogen (secondary N) is 1. The van der Waals surface area contributed by atoms with E-state index in [0.29, 0.717) is 25.6 Å². The third kappa shape index (κ3) is 4.48. The molecular formula is C19H30N2O3. The van der Waals surface area contributed by atoms with Gasteiger partial charge in [0, 0.05) is 19.7 Å². The van der Waals surface area contributed by atoms with E-state index >= 15 is 0 Å². The van der Waals surface area contributed by atoms with Crippen molar-refractivity contribution >= 4 is 6.03 Å². The molecule has 134 valence electrons. The molecule has 1 aliphatic rings. The maximum absolute atomic E-state index is 12.5. The van der Waals surface area contributed by atoms with E-state index in [9.17, 15) is 9.90 Å². The van der Waals surface area contributed by atoms with Crippen LogP contribution in [-0.2, 0) is 11.2 Å². The smallest absolute Gasteiger partial charge is 0.318 e. The van der Waals surface area contributed by atoms with Crippen molar-refractivity contribution in [3.63, 3.8) is 0 Å². The van der Waals surface area contributed by atoms with Crippen molar-refractivity contribution in [1.82, 2.24) is 10.2 Å². The highest BCUT2D eigenvalue weighted by atomic mass is 16.5. The van der Waals surface area contributed by atoms with Gasteiger partial charge in [-0.25, -0.2) is 4.79 Å².